The van der Waals surface area contributed by atoms with Gasteiger partial charge in [-0.25, -0.2) is 4.98 Å². The molecule has 1 aromatic heterocycles. The van der Waals surface area contributed by atoms with E-state index in [1.165, 1.54) is 6.08 Å². The lowest BCUT2D eigenvalue weighted by Crippen LogP contribution is -1.86. The van der Waals surface area contributed by atoms with Gasteiger partial charge >= 0.3 is 0 Å². The molecular weight excluding hydrogens is 128 g/mol. The van der Waals surface area contributed by atoms with Gasteiger partial charge in [-0.05, 0) is 13.0 Å². The Kier molecular flexibility index (Phi) is 1.99. The van der Waals surface area contributed by atoms with Crippen LogP contribution >= 0.6 is 0 Å². The molecule has 0 aliphatic carbocycles. The molecule has 0 aliphatic heterocycles. The molecule has 0 saturated carbocycles. The van der Waals surface area contributed by atoms with E-state index in [2.05, 4.69) is 4.98 Å². The molecule has 1 heterocycles. The number of aromatic nitrogens is 2. The van der Waals surface area contributed by atoms with Crippen molar-refractivity contribution in [3.05, 3.63) is 24.3 Å². The van der Waals surface area contributed by atoms with Crippen molar-refractivity contribution in [3.8, 4) is 0 Å². The van der Waals surface area contributed by atoms with E-state index in [0.29, 0.717) is 0 Å². The highest BCUT2D eigenvalue weighted by atomic mass is 16.1. The molecule has 0 aromatic carbocycles. The number of allylic oxidation sites excluding steroid dienone is 1. The summed E-state index contributed by atoms with van der Waals surface area (Å²) in [6.07, 6.45) is 7.29. The number of rotatable bonds is 2. The number of hydrogen-bond donors (Lipinski definition) is 0. The summed E-state index contributed by atoms with van der Waals surface area (Å²) in [5, 5.41) is 0. The number of carbonyl (C=O) groups excluding carboxylic acids is 1. The SMILES string of the molecule is Cc1nccn1/C=C/C=O. The lowest BCUT2D eigenvalue weighted by molar-refractivity contribution is -0.104. The summed E-state index contributed by atoms with van der Waals surface area (Å²) < 4.78 is 1.77. The Morgan fingerprint density at radius 1 is 1.70 bits per heavy atom. The number of hydrogen-bond acceptors (Lipinski definition) is 2. The zero-order chi connectivity index (χ0) is 7.40. The highest BCUT2D eigenvalue weighted by Crippen LogP contribution is 1.93. The van der Waals surface area contributed by atoms with E-state index < -0.39 is 0 Å². The van der Waals surface area contributed by atoms with Gasteiger partial charge < -0.3 is 4.57 Å². The normalized spacial score (nSPS) is 10.5. The Morgan fingerprint density at radius 3 is 3.00 bits per heavy atom. The van der Waals surface area contributed by atoms with Crippen molar-refractivity contribution in [2.24, 2.45) is 0 Å². The van der Waals surface area contributed by atoms with Crippen molar-refractivity contribution in [2.45, 2.75) is 6.92 Å². The summed E-state index contributed by atoms with van der Waals surface area (Å²) in [5.41, 5.74) is 0. The first-order valence-corrected chi connectivity index (χ1v) is 2.96. The fraction of sp³-hybridized carbons (Fsp3) is 0.143. The highest BCUT2D eigenvalue weighted by Gasteiger charge is 1.88. The van der Waals surface area contributed by atoms with Crippen LogP contribution in [0.5, 0.6) is 0 Å². The van der Waals surface area contributed by atoms with Crippen LogP contribution in [0.25, 0.3) is 6.20 Å². The van der Waals surface area contributed by atoms with Crippen LogP contribution in [0.3, 0.4) is 0 Å². The van der Waals surface area contributed by atoms with Gasteiger partial charge in [0, 0.05) is 18.6 Å². The Balaban J connectivity index is 2.83. The molecule has 0 N–H and O–H groups in total. The second-order valence-electron chi connectivity index (χ2n) is 1.86. The minimum atomic E-state index is 0.736. The van der Waals surface area contributed by atoms with Crippen LogP contribution in [-0.2, 0) is 4.79 Å². The standard InChI is InChI=1S/C7H8N2O/c1-7-8-3-5-9(7)4-2-6-10/h2-6H,1H3/b4-2+. The predicted molar refractivity (Wildman–Crippen MR) is 38.4 cm³/mol. The van der Waals surface area contributed by atoms with Gasteiger partial charge in [0.05, 0.1) is 0 Å². The summed E-state index contributed by atoms with van der Waals surface area (Å²) in [6.45, 7) is 1.87. The molecule has 0 bridgehead atoms. The van der Waals surface area contributed by atoms with E-state index in [0.717, 1.165) is 12.1 Å². The smallest absolute Gasteiger partial charge is 0.144 e. The molecule has 0 atom stereocenters. The van der Waals surface area contributed by atoms with Gasteiger partial charge in [0.1, 0.15) is 12.1 Å². The first kappa shape index (κ1) is 6.74. The molecule has 1 aromatic rings. The van der Waals surface area contributed by atoms with Gasteiger partial charge in [-0.1, -0.05) is 0 Å². The van der Waals surface area contributed by atoms with E-state index >= 15 is 0 Å². The monoisotopic (exact) mass is 136 g/mol. The summed E-state index contributed by atoms with van der Waals surface area (Å²) >= 11 is 0. The van der Waals surface area contributed by atoms with Crippen LogP contribution in [0.15, 0.2) is 18.5 Å². The number of aryl methyl sites for hydroxylation is 1. The third-order valence-corrected chi connectivity index (χ3v) is 1.19. The summed E-state index contributed by atoms with van der Waals surface area (Å²) in [4.78, 5) is 13.9. The topological polar surface area (TPSA) is 34.9 Å². The maximum absolute atomic E-state index is 9.89. The van der Waals surface area contributed by atoms with Crippen molar-refractivity contribution in [1.82, 2.24) is 9.55 Å². The molecule has 0 spiro atoms. The average Bonchev–Trinajstić information content (AvgIpc) is 2.31. The van der Waals surface area contributed by atoms with E-state index in [1.54, 1.807) is 23.2 Å². The van der Waals surface area contributed by atoms with E-state index in [1.807, 2.05) is 6.92 Å². The van der Waals surface area contributed by atoms with E-state index in [4.69, 9.17) is 0 Å². The number of imidazole rings is 1. The molecule has 0 radical (unpaired) electrons. The van der Waals surface area contributed by atoms with Crippen molar-refractivity contribution in [2.75, 3.05) is 0 Å². The maximum Gasteiger partial charge on any atom is 0.144 e. The molecular formula is C7H8N2O. The first-order valence-electron chi connectivity index (χ1n) is 2.96. The van der Waals surface area contributed by atoms with Crippen LogP contribution in [0, 0.1) is 6.92 Å². The zero-order valence-corrected chi connectivity index (χ0v) is 5.69. The molecule has 0 fully saturated rings. The molecule has 52 valence electrons. The average molecular weight is 136 g/mol. The number of nitrogens with zero attached hydrogens (tertiary/aromatic N) is 2. The van der Waals surface area contributed by atoms with Gasteiger partial charge in [0.15, 0.2) is 0 Å². The molecule has 0 amide bonds. The summed E-state index contributed by atoms with van der Waals surface area (Å²) in [7, 11) is 0. The quantitative estimate of drug-likeness (QED) is 0.446. The molecule has 0 saturated heterocycles. The Hall–Kier alpha value is -1.38. The maximum atomic E-state index is 9.89. The second-order valence-corrected chi connectivity index (χ2v) is 1.86. The van der Waals surface area contributed by atoms with Gasteiger partial charge in [-0.2, -0.15) is 0 Å². The number of aldehydes is 1. The minimum Gasteiger partial charge on any atom is -0.311 e. The molecule has 1 rings (SSSR count). The Morgan fingerprint density at radius 2 is 2.50 bits per heavy atom. The molecule has 3 nitrogen and oxygen atoms in total. The van der Waals surface area contributed by atoms with Crippen molar-refractivity contribution < 1.29 is 4.79 Å². The molecule has 0 unspecified atom stereocenters. The highest BCUT2D eigenvalue weighted by molar-refractivity contribution is 5.69. The third kappa shape index (κ3) is 1.31. The van der Waals surface area contributed by atoms with Crippen LogP contribution in [-0.4, -0.2) is 15.8 Å². The summed E-state index contributed by atoms with van der Waals surface area (Å²) in [6, 6.07) is 0. The van der Waals surface area contributed by atoms with Crippen molar-refractivity contribution in [1.29, 1.82) is 0 Å². The zero-order valence-electron chi connectivity index (χ0n) is 5.69. The van der Waals surface area contributed by atoms with Crippen LogP contribution in [0.2, 0.25) is 0 Å². The molecule has 10 heavy (non-hydrogen) atoms. The lowest BCUT2D eigenvalue weighted by Gasteiger charge is -1.91. The van der Waals surface area contributed by atoms with Crippen molar-refractivity contribution >= 4 is 12.5 Å². The predicted octanol–water partition coefficient (Wildman–Crippen LogP) is 0.861. The van der Waals surface area contributed by atoms with Crippen LogP contribution in [0.4, 0.5) is 0 Å². The van der Waals surface area contributed by atoms with E-state index in [-0.39, 0.29) is 0 Å². The third-order valence-electron chi connectivity index (χ3n) is 1.19. The number of carbonyl (C=O) groups is 1. The lowest BCUT2D eigenvalue weighted by atomic mass is 10.6. The minimum absolute atomic E-state index is 0.736. The van der Waals surface area contributed by atoms with Crippen LogP contribution in [0.1, 0.15) is 5.82 Å². The van der Waals surface area contributed by atoms with Gasteiger partial charge in [-0.3, -0.25) is 4.79 Å². The Labute approximate surface area is 59.0 Å². The second kappa shape index (κ2) is 2.96. The van der Waals surface area contributed by atoms with Crippen LogP contribution < -0.4 is 0 Å². The molecule has 0 aliphatic rings. The first-order chi connectivity index (χ1) is 4.84. The van der Waals surface area contributed by atoms with Crippen molar-refractivity contribution in [3.63, 3.8) is 0 Å². The van der Waals surface area contributed by atoms with Gasteiger partial charge in [0.2, 0.25) is 0 Å². The fourth-order valence-electron chi connectivity index (χ4n) is 0.673. The Bertz CT molecular complexity index is 250. The molecule has 3 heteroatoms. The van der Waals surface area contributed by atoms with E-state index in [9.17, 15) is 4.79 Å². The van der Waals surface area contributed by atoms with Gasteiger partial charge in [0.25, 0.3) is 0 Å². The largest absolute Gasteiger partial charge is 0.311 e. The fourth-order valence-corrected chi connectivity index (χ4v) is 0.673. The summed E-state index contributed by atoms with van der Waals surface area (Å²) in [5.74, 6) is 0.873. The van der Waals surface area contributed by atoms with Gasteiger partial charge in [-0.15, -0.1) is 0 Å².